The largest absolute Gasteiger partial charge is 0.476 e. The molecule has 0 spiro atoms. The van der Waals surface area contributed by atoms with Gasteiger partial charge in [-0.05, 0) is 45.4 Å². The second-order valence-electron chi connectivity index (χ2n) is 4.26. The van der Waals surface area contributed by atoms with Gasteiger partial charge in [0.1, 0.15) is 5.75 Å². The predicted octanol–water partition coefficient (Wildman–Crippen LogP) is 2.13. The number of carbonyl (C=O) groups is 1. The lowest BCUT2D eigenvalue weighted by molar-refractivity contribution is -0.161. The molecule has 4 heteroatoms. The maximum Gasteiger partial charge on any atom is 0.350 e. The van der Waals surface area contributed by atoms with Gasteiger partial charge in [-0.15, -0.1) is 0 Å². The molecule has 0 amide bonds. The first-order valence-electron chi connectivity index (χ1n) is 6.23. The Bertz CT molecular complexity index is 367. The number of hydrogen-bond acceptors (Lipinski definition) is 4. The first kappa shape index (κ1) is 14.5. The molecule has 0 fully saturated rings. The van der Waals surface area contributed by atoms with Crippen LogP contribution in [0.2, 0.25) is 0 Å². The third-order valence-electron chi connectivity index (χ3n) is 2.65. The molecule has 0 bridgehead atoms. The van der Waals surface area contributed by atoms with Crippen LogP contribution >= 0.6 is 0 Å². The Morgan fingerprint density at radius 1 is 1.33 bits per heavy atom. The van der Waals surface area contributed by atoms with Crippen LogP contribution < -0.4 is 10.5 Å². The number of esters is 1. The quantitative estimate of drug-likeness (QED) is 0.754. The molecule has 1 unspecified atom stereocenters. The van der Waals surface area contributed by atoms with Gasteiger partial charge in [0.05, 0.1) is 6.61 Å². The Kier molecular flexibility index (Phi) is 5.65. The summed E-state index contributed by atoms with van der Waals surface area (Å²) in [6, 6.07) is 9.27. The average molecular weight is 251 g/mol. The Morgan fingerprint density at radius 2 is 2.00 bits per heavy atom. The lowest BCUT2D eigenvalue weighted by Gasteiger charge is -2.28. The molecule has 4 nitrogen and oxygen atoms in total. The number of para-hydroxylation sites is 1. The summed E-state index contributed by atoms with van der Waals surface area (Å²) >= 11 is 0. The summed E-state index contributed by atoms with van der Waals surface area (Å²) < 4.78 is 10.9. The standard InChI is InChI=1S/C14H21NO3/c1-3-17-13(16)14(2,10-7-11-15)18-12-8-5-4-6-9-12/h4-6,8-9H,3,7,10-11,15H2,1-2H3. The van der Waals surface area contributed by atoms with E-state index in [1.54, 1.807) is 13.8 Å². The molecule has 1 rings (SSSR count). The van der Waals surface area contributed by atoms with E-state index in [4.69, 9.17) is 15.2 Å². The van der Waals surface area contributed by atoms with Gasteiger partial charge in [-0.2, -0.15) is 0 Å². The van der Waals surface area contributed by atoms with E-state index in [9.17, 15) is 4.79 Å². The fraction of sp³-hybridized carbons (Fsp3) is 0.500. The second-order valence-corrected chi connectivity index (χ2v) is 4.26. The van der Waals surface area contributed by atoms with E-state index < -0.39 is 5.60 Å². The lowest BCUT2D eigenvalue weighted by atomic mass is 10.00. The van der Waals surface area contributed by atoms with E-state index in [0.717, 1.165) is 0 Å². The van der Waals surface area contributed by atoms with Crippen LogP contribution in [-0.2, 0) is 9.53 Å². The highest BCUT2D eigenvalue weighted by atomic mass is 16.6. The van der Waals surface area contributed by atoms with Gasteiger partial charge in [0.2, 0.25) is 5.60 Å². The minimum Gasteiger partial charge on any atom is -0.476 e. The van der Waals surface area contributed by atoms with Crippen LogP contribution in [0.15, 0.2) is 30.3 Å². The zero-order valence-electron chi connectivity index (χ0n) is 11.0. The molecule has 1 atom stereocenters. The van der Waals surface area contributed by atoms with Crippen molar-refractivity contribution in [3.63, 3.8) is 0 Å². The smallest absolute Gasteiger partial charge is 0.350 e. The fourth-order valence-corrected chi connectivity index (χ4v) is 1.67. The predicted molar refractivity (Wildman–Crippen MR) is 70.4 cm³/mol. The summed E-state index contributed by atoms with van der Waals surface area (Å²) in [6.45, 7) is 4.39. The number of ether oxygens (including phenoxy) is 2. The first-order chi connectivity index (χ1) is 8.62. The van der Waals surface area contributed by atoms with Crippen molar-refractivity contribution in [2.24, 2.45) is 5.73 Å². The normalized spacial score (nSPS) is 13.7. The van der Waals surface area contributed by atoms with E-state index in [0.29, 0.717) is 31.7 Å². The molecule has 2 N–H and O–H groups in total. The molecule has 0 aromatic heterocycles. The van der Waals surface area contributed by atoms with Crippen molar-refractivity contribution in [2.45, 2.75) is 32.3 Å². The van der Waals surface area contributed by atoms with E-state index >= 15 is 0 Å². The van der Waals surface area contributed by atoms with Gasteiger partial charge in [0.25, 0.3) is 0 Å². The third-order valence-corrected chi connectivity index (χ3v) is 2.65. The molecule has 100 valence electrons. The van der Waals surface area contributed by atoms with E-state index in [-0.39, 0.29) is 5.97 Å². The molecule has 0 aliphatic rings. The molecule has 0 heterocycles. The van der Waals surface area contributed by atoms with Gasteiger partial charge in [-0.3, -0.25) is 0 Å². The van der Waals surface area contributed by atoms with Crippen molar-refractivity contribution in [2.75, 3.05) is 13.2 Å². The molecule has 0 aliphatic carbocycles. The number of benzene rings is 1. The molecule has 18 heavy (non-hydrogen) atoms. The van der Waals surface area contributed by atoms with E-state index in [1.807, 2.05) is 30.3 Å². The third kappa shape index (κ3) is 4.04. The minimum atomic E-state index is -0.975. The van der Waals surface area contributed by atoms with Crippen LogP contribution in [0.4, 0.5) is 0 Å². The molecule has 0 saturated heterocycles. The molecule has 1 aromatic carbocycles. The summed E-state index contributed by atoms with van der Waals surface area (Å²) in [5, 5.41) is 0. The van der Waals surface area contributed by atoms with Crippen LogP contribution in [0.1, 0.15) is 26.7 Å². The van der Waals surface area contributed by atoms with Crippen LogP contribution in [0.3, 0.4) is 0 Å². The Labute approximate surface area is 108 Å². The number of carbonyl (C=O) groups excluding carboxylic acids is 1. The SMILES string of the molecule is CCOC(=O)C(C)(CCCN)Oc1ccccc1. The summed E-state index contributed by atoms with van der Waals surface area (Å²) in [5.74, 6) is 0.312. The molecule has 1 aromatic rings. The Balaban J connectivity index is 2.80. The second kappa shape index (κ2) is 7.01. The van der Waals surface area contributed by atoms with Crippen LogP contribution in [0.5, 0.6) is 5.75 Å². The molecule has 0 radical (unpaired) electrons. The van der Waals surface area contributed by atoms with Gasteiger partial charge in [0, 0.05) is 0 Å². The molecule has 0 aliphatic heterocycles. The zero-order valence-corrected chi connectivity index (χ0v) is 11.0. The number of hydrogen-bond donors (Lipinski definition) is 1. The highest BCUT2D eigenvalue weighted by Crippen LogP contribution is 2.23. The van der Waals surface area contributed by atoms with Crippen LogP contribution in [0.25, 0.3) is 0 Å². The average Bonchev–Trinajstić information content (AvgIpc) is 2.38. The highest BCUT2D eigenvalue weighted by molar-refractivity contribution is 5.79. The van der Waals surface area contributed by atoms with Crippen molar-refractivity contribution in [1.82, 2.24) is 0 Å². The lowest BCUT2D eigenvalue weighted by Crippen LogP contribution is -2.43. The topological polar surface area (TPSA) is 61.5 Å². The van der Waals surface area contributed by atoms with Crippen molar-refractivity contribution in [3.8, 4) is 5.75 Å². The van der Waals surface area contributed by atoms with Crippen molar-refractivity contribution in [1.29, 1.82) is 0 Å². The number of nitrogens with two attached hydrogens (primary N) is 1. The Hall–Kier alpha value is -1.55. The molecule has 0 saturated carbocycles. The Morgan fingerprint density at radius 3 is 2.56 bits per heavy atom. The van der Waals surface area contributed by atoms with Gasteiger partial charge in [-0.25, -0.2) is 4.79 Å². The van der Waals surface area contributed by atoms with Crippen LogP contribution in [0, 0.1) is 0 Å². The van der Waals surface area contributed by atoms with Gasteiger partial charge in [0.15, 0.2) is 0 Å². The summed E-state index contributed by atoms with van der Waals surface area (Å²) in [6.07, 6.45) is 1.25. The van der Waals surface area contributed by atoms with E-state index in [2.05, 4.69) is 0 Å². The van der Waals surface area contributed by atoms with Crippen molar-refractivity contribution in [3.05, 3.63) is 30.3 Å². The summed E-state index contributed by atoms with van der Waals surface area (Å²) in [4.78, 5) is 12.0. The zero-order chi connectivity index (χ0) is 13.4. The monoisotopic (exact) mass is 251 g/mol. The van der Waals surface area contributed by atoms with E-state index in [1.165, 1.54) is 0 Å². The molecular weight excluding hydrogens is 230 g/mol. The van der Waals surface area contributed by atoms with Gasteiger partial charge in [-0.1, -0.05) is 18.2 Å². The van der Waals surface area contributed by atoms with Gasteiger partial charge < -0.3 is 15.2 Å². The van der Waals surface area contributed by atoms with Gasteiger partial charge >= 0.3 is 5.97 Å². The minimum absolute atomic E-state index is 0.342. The summed E-state index contributed by atoms with van der Waals surface area (Å²) in [7, 11) is 0. The fourth-order valence-electron chi connectivity index (χ4n) is 1.67. The maximum atomic E-state index is 12.0. The van der Waals surface area contributed by atoms with Crippen LogP contribution in [-0.4, -0.2) is 24.7 Å². The maximum absolute atomic E-state index is 12.0. The van der Waals surface area contributed by atoms with Crippen molar-refractivity contribution < 1.29 is 14.3 Å². The summed E-state index contributed by atoms with van der Waals surface area (Å²) in [5.41, 5.74) is 4.52. The number of rotatable bonds is 7. The van der Waals surface area contributed by atoms with Crippen molar-refractivity contribution >= 4 is 5.97 Å². The molecular formula is C14H21NO3. The highest BCUT2D eigenvalue weighted by Gasteiger charge is 2.36. The first-order valence-corrected chi connectivity index (χ1v) is 6.23.